The minimum absolute atomic E-state index is 0.557. The normalized spacial score (nSPS) is 10.8. The second-order valence-electron chi connectivity index (χ2n) is 5.03. The topological polar surface area (TPSA) is 25.8 Å². The highest BCUT2D eigenvalue weighted by Crippen LogP contribution is 2.31. The van der Waals surface area contributed by atoms with Crippen molar-refractivity contribution in [3.05, 3.63) is 45.4 Å². The molecule has 0 aliphatic rings. The molecule has 1 aromatic heterocycles. The molecule has 0 atom stereocenters. The van der Waals surface area contributed by atoms with E-state index in [1.807, 2.05) is 13.8 Å². The SMILES string of the molecule is CCc1nc(Cl)c(C)c(-c2c(C)cc(C)cc2C)n1. The monoisotopic (exact) mass is 274 g/mol. The predicted molar refractivity (Wildman–Crippen MR) is 80.8 cm³/mol. The summed E-state index contributed by atoms with van der Waals surface area (Å²) in [4.78, 5) is 8.99. The summed E-state index contributed by atoms with van der Waals surface area (Å²) in [6, 6.07) is 4.37. The molecule has 0 saturated carbocycles. The summed E-state index contributed by atoms with van der Waals surface area (Å²) < 4.78 is 0. The first-order valence-electron chi connectivity index (χ1n) is 6.55. The zero-order valence-electron chi connectivity index (χ0n) is 12.1. The third-order valence-corrected chi connectivity index (χ3v) is 3.73. The van der Waals surface area contributed by atoms with Crippen molar-refractivity contribution in [2.75, 3.05) is 0 Å². The summed E-state index contributed by atoms with van der Waals surface area (Å²) in [7, 11) is 0. The second kappa shape index (κ2) is 5.30. The maximum Gasteiger partial charge on any atom is 0.136 e. The summed E-state index contributed by atoms with van der Waals surface area (Å²) in [6.07, 6.45) is 0.789. The largest absolute Gasteiger partial charge is 0.233 e. The van der Waals surface area contributed by atoms with Crippen LogP contribution in [0.5, 0.6) is 0 Å². The molecule has 2 nitrogen and oxygen atoms in total. The van der Waals surface area contributed by atoms with E-state index in [1.54, 1.807) is 0 Å². The molecule has 0 N–H and O–H groups in total. The highest BCUT2D eigenvalue weighted by molar-refractivity contribution is 6.30. The van der Waals surface area contributed by atoms with Gasteiger partial charge in [-0.15, -0.1) is 0 Å². The number of aromatic nitrogens is 2. The van der Waals surface area contributed by atoms with E-state index in [2.05, 4.69) is 42.9 Å². The lowest BCUT2D eigenvalue weighted by atomic mass is 9.95. The van der Waals surface area contributed by atoms with E-state index in [4.69, 9.17) is 11.6 Å². The van der Waals surface area contributed by atoms with Crippen molar-refractivity contribution in [2.45, 2.75) is 41.0 Å². The fourth-order valence-electron chi connectivity index (χ4n) is 2.49. The molecule has 1 heterocycles. The molecule has 0 aliphatic heterocycles. The number of rotatable bonds is 2. The van der Waals surface area contributed by atoms with Crippen molar-refractivity contribution in [1.82, 2.24) is 9.97 Å². The molecule has 0 aliphatic carbocycles. The van der Waals surface area contributed by atoms with E-state index in [0.717, 1.165) is 23.5 Å². The van der Waals surface area contributed by atoms with E-state index < -0.39 is 0 Å². The first-order chi connectivity index (χ1) is 8.93. The molecule has 2 aromatic rings. The maximum absolute atomic E-state index is 6.23. The van der Waals surface area contributed by atoms with Gasteiger partial charge in [0.1, 0.15) is 11.0 Å². The lowest BCUT2D eigenvalue weighted by Crippen LogP contribution is -2.02. The lowest BCUT2D eigenvalue weighted by molar-refractivity contribution is 0.932. The molecule has 3 heteroatoms. The summed E-state index contributed by atoms with van der Waals surface area (Å²) in [6.45, 7) is 10.4. The van der Waals surface area contributed by atoms with Gasteiger partial charge in [-0.05, 0) is 38.8 Å². The Labute approximate surface area is 119 Å². The van der Waals surface area contributed by atoms with Crippen molar-refractivity contribution in [1.29, 1.82) is 0 Å². The first kappa shape index (κ1) is 14.0. The smallest absolute Gasteiger partial charge is 0.136 e. The number of hydrogen-bond donors (Lipinski definition) is 0. The van der Waals surface area contributed by atoms with Crippen LogP contribution in [0.25, 0.3) is 11.3 Å². The Bertz CT molecular complexity index is 610. The molecule has 0 bridgehead atoms. The molecular weight excluding hydrogens is 256 g/mol. The van der Waals surface area contributed by atoms with Crippen LogP contribution in [0.2, 0.25) is 5.15 Å². The van der Waals surface area contributed by atoms with Crippen LogP contribution in [0.3, 0.4) is 0 Å². The zero-order valence-corrected chi connectivity index (χ0v) is 12.9. The van der Waals surface area contributed by atoms with Gasteiger partial charge in [-0.1, -0.05) is 36.2 Å². The molecule has 0 amide bonds. The quantitative estimate of drug-likeness (QED) is 0.749. The van der Waals surface area contributed by atoms with Gasteiger partial charge in [0.2, 0.25) is 0 Å². The van der Waals surface area contributed by atoms with E-state index in [0.29, 0.717) is 5.15 Å². The Morgan fingerprint density at radius 2 is 1.58 bits per heavy atom. The van der Waals surface area contributed by atoms with Crippen LogP contribution in [0.15, 0.2) is 12.1 Å². The third kappa shape index (κ3) is 2.64. The van der Waals surface area contributed by atoms with Gasteiger partial charge in [0.25, 0.3) is 0 Å². The van der Waals surface area contributed by atoms with Crippen LogP contribution >= 0.6 is 11.6 Å². The maximum atomic E-state index is 6.23. The third-order valence-electron chi connectivity index (χ3n) is 3.36. The van der Waals surface area contributed by atoms with Crippen LogP contribution in [0, 0.1) is 27.7 Å². The van der Waals surface area contributed by atoms with Crippen LogP contribution in [-0.2, 0) is 6.42 Å². The van der Waals surface area contributed by atoms with E-state index in [-0.39, 0.29) is 0 Å². The Hall–Kier alpha value is -1.41. The summed E-state index contributed by atoms with van der Waals surface area (Å²) in [5.74, 6) is 0.796. The van der Waals surface area contributed by atoms with Gasteiger partial charge < -0.3 is 0 Å². The van der Waals surface area contributed by atoms with Gasteiger partial charge in [-0.2, -0.15) is 0 Å². The average Bonchev–Trinajstić information content (AvgIpc) is 2.32. The molecule has 0 unspecified atom stereocenters. The Balaban J connectivity index is 2.75. The number of benzene rings is 1. The predicted octanol–water partition coefficient (Wildman–Crippen LogP) is 4.59. The number of hydrogen-bond acceptors (Lipinski definition) is 2. The zero-order chi connectivity index (χ0) is 14.2. The highest BCUT2D eigenvalue weighted by Gasteiger charge is 2.14. The Kier molecular flexibility index (Phi) is 3.91. The van der Waals surface area contributed by atoms with E-state index >= 15 is 0 Å². The number of nitrogens with zero attached hydrogens (tertiary/aromatic N) is 2. The fraction of sp³-hybridized carbons (Fsp3) is 0.375. The van der Waals surface area contributed by atoms with Crippen LogP contribution in [-0.4, -0.2) is 9.97 Å². The van der Waals surface area contributed by atoms with Gasteiger partial charge in [0.05, 0.1) is 5.69 Å². The molecule has 100 valence electrons. The van der Waals surface area contributed by atoms with E-state index in [1.165, 1.54) is 22.3 Å². The van der Waals surface area contributed by atoms with Crippen molar-refractivity contribution in [3.8, 4) is 11.3 Å². The number of halogens is 1. The average molecular weight is 275 g/mol. The molecule has 1 aromatic carbocycles. The molecule has 0 spiro atoms. The summed E-state index contributed by atoms with van der Waals surface area (Å²) in [5.41, 5.74) is 6.84. The van der Waals surface area contributed by atoms with Gasteiger partial charge in [0.15, 0.2) is 0 Å². The van der Waals surface area contributed by atoms with Gasteiger partial charge in [-0.3, -0.25) is 0 Å². The summed E-state index contributed by atoms with van der Waals surface area (Å²) >= 11 is 6.23. The molecule has 0 fully saturated rings. The van der Waals surface area contributed by atoms with Crippen molar-refractivity contribution in [3.63, 3.8) is 0 Å². The van der Waals surface area contributed by atoms with Crippen LogP contribution in [0.4, 0.5) is 0 Å². The lowest BCUT2D eigenvalue weighted by Gasteiger charge is -2.14. The van der Waals surface area contributed by atoms with Gasteiger partial charge in [0, 0.05) is 17.5 Å². The minimum atomic E-state index is 0.557. The van der Waals surface area contributed by atoms with Crippen LogP contribution in [0.1, 0.15) is 35.0 Å². The standard InChI is InChI=1S/C16H19ClN2/c1-6-13-18-15(12(5)16(17)19-13)14-10(3)7-9(2)8-11(14)4/h7-8H,6H2,1-5H3. The molecule has 19 heavy (non-hydrogen) atoms. The van der Waals surface area contributed by atoms with Crippen molar-refractivity contribution in [2.24, 2.45) is 0 Å². The van der Waals surface area contributed by atoms with Gasteiger partial charge >= 0.3 is 0 Å². The molecule has 0 saturated heterocycles. The fourth-order valence-corrected chi connectivity index (χ4v) is 2.67. The van der Waals surface area contributed by atoms with Crippen molar-refractivity contribution >= 4 is 11.6 Å². The molecular formula is C16H19ClN2. The molecule has 2 rings (SSSR count). The van der Waals surface area contributed by atoms with Crippen LogP contribution < -0.4 is 0 Å². The first-order valence-corrected chi connectivity index (χ1v) is 6.93. The minimum Gasteiger partial charge on any atom is -0.233 e. The highest BCUT2D eigenvalue weighted by atomic mass is 35.5. The number of aryl methyl sites for hydroxylation is 4. The molecule has 0 radical (unpaired) electrons. The second-order valence-corrected chi connectivity index (χ2v) is 5.39. The van der Waals surface area contributed by atoms with E-state index in [9.17, 15) is 0 Å². The summed E-state index contributed by atoms with van der Waals surface area (Å²) in [5, 5.41) is 0.557. The Morgan fingerprint density at radius 1 is 1.00 bits per heavy atom. The van der Waals surface area contributed by atoms with Crippen molar-refractivity contribution < 1.29 is 0 Å². The van der Waals surface area contributed by atoms with Gasteiger partial charge in [-0.25, -0.2) is 9.97 Å². The Morgan fingerprint density at radius 3 is 2.11 bits per heavy atom.